The van der Waals surface area contributed by atoms with Crippen molar-refractivity contribution in [3.63, 3.8) is 0 Å². The van der Waals surface area contributed by atoms with E-state index in [1.807, 2.05) is 0 Å². The molecule has 104 valence electrons. The molecule has 1 aliphatic rings. The first-order valence-corrected chi connectivity index (χ1v) is 6.60. The molecule has 0 radical (unpaired) electrons. The molecule has 3 nitrogen and oxygen atoms in total. The predicted octanol–water partition coefficient (Wildman–Crippen LogP) is 3.33. The van der Waals surface area contributed by atoms with Gasteiger partial charge in [-0.05, 0) is 23.8 Å². The van der Waals surface area contributed by atoms with Crippen molar-refractivity contribution in [3.8, 4) is 5.75 Å². The Morgan fingerprint density at radius 1 is 1.35 bits per heavy atom. The molecule has 0 spiro atoms. The molecule has 1 aliphatic heterocycles. The minimum Gasteiger partial charge on any atom is -0.493 e. The van der Waals surface area contributed by atoms with Crippen LogP contribution in [0.1, 0.15) is 25.8 Å². The van der Waals surface area contributed by atoms with Gasteiger partial charge in [0.2, 0.25) is 5.78 Å². The summed E-state index contributed by atoms with van der Waals surface area (Å²) in [5.41, 5.74) is 1.25. The summed E-state index contributed by atoms with van der Waals surface area (Å²) in [4.78, 5) is 15.4. The number of thiazole rings is 1. The summed E-state index contributed by atoms with van der Waals surface area (Å²) in [6.45, 7) is 0.561. The van der Waals surface area contributed by atoms with Crippen LogP contribution in [-0.2, 0) is 12.6 Å². The van der Waals surface area contributed by atoms with Crippen molar-refractivity contribution >= 4 is 17.1 Å². The number of ketones is 1. The number of benzene rings is 1. The number of nitrogens with zero attached hydrogens (tertiary/aromatic N) is 1. The first kappa shape index (κ1) is 13.1. The van der Waals surface area contributed by atoms with Gasteiger partial charge in [0.05, 0.1) is 11.5 Å². The molecule has 0 bridgehead atoms. The van der Waals surface area contributed by atoms with Gasteiger partial charge in [-0.15, -0.1) is 11.3 Å². The number of carbonyl (C=O) groups excluding carboxylic acids is 1. The largest absolute Gasteiger partial charge is 0.493 e. The number of fused-ring (bicyclic) bond motifs is 1. The van der Waals surface area contributed by atoms with Gasteiger partial charge >= 0.3 is 6.18 Å². The number of aromatic nitrogens is 1. The molecule has 0 unspecified atom stereocenters. The Hall–Kier alpha value is -1.89. The molecule has 0 atom stereocenters. The van der Waals surface area contributed by atoms with Gasteiger partial charge in [-0.1, -0.05) is 0 Å². The highest BCUT2D eigenvalue weighted by atomic mass is 32.1. The van der Waals surface area contributed by atoms with Crippen LogP contribution in [-0.4, -0.2) is 17.4 Å². The lowest BCUT2D eigenvalue weighted by Crippen LogP contribution is -2.03. The Bertz CT molecular complexity index is 678. The fourth-order valence-corrected chi connectivity index (χ4v) is 2.73. The van der Waals surface area contributed by atoms with E-state index in [0.717, 1.165) is 17.5 Å². The maximum Gasteiger partial charge on any atom is 0.443 e. The van der Waals surface area contributed by atoms with E-state index < -0.39 is 17.0 Å². The molecule has 2 heterocycles. The zero-order chi connectivity index (χ0) is 14.3. The Kier molecular flexibility index (Phi) is 3.01. The standard InChI is InChI=1S/C13H8F3NO2S/c14-13(15,16)12-17-6-10(20-12)11(18)8-1-2-9-7(5-8)3-4-19-9/h1-2,5-6H,3-4H2. The van der Waals surface area contributed by atoms with Gasteiger partial charge < -0.3 is 4.74 Å². The molecule has 2 aromatic rings. The van der Waals surface area contributed by atoms with E-state index in [4.69, 9.17) is 4.74 Å². The minimum atomic E-state index is -4.52. The molecule has 0 aliphatic carbocycles. The first-order chi connectivity index (χ1) is 9.45. The Labute approximate surface area is 116 Å². The van der Waals surface area contributed by atoms with Crippen molar-refractivity contribution in [2.45, 2.75) is 12.6 Å². The van der Waals surface area contributed by atoms with Crippen LogP contribution in [0.3, 0.4) is 0 Å². The fourth-order valence-electron chi connectivity index (χ4n) is 1.98. The van der Waals surface area contributed by atoms with Crippen LogP contribution in [0.4, 0.5) is 13.2 Å². The van der Waals surface area contributed by atoms with Crippen LogP contribution in [0.5, 0.6) is 5.75 Å². The molecule has 0 N–H and O–H groups in total. The number of hydrogen-bond donors (Lipinski definition) is 0. The number of carbonyl (C=O) groups is 1. The molecule has 0 fully saturated rings. The quantitative estimate of drug-likeness (QED) is 0.799. The van der Waals surface area contributed by atoms with Crippen molar-refractivity contribution < 1.29 is 22.7 Å². The summed E-state index contributed by atoms with van der Waals surface area (Å²) < 4.78 is 42.7. The average Bonchev–Trinajstić information content (AvgIpc) is 3.05. The van der Waals surface area contributed by atoms with Gasteiger partial charge in [-0.3, -0.25) is 4.79 Å². The molecule has 7 heteroatoms. The summed E-state index contributed by atoms with van der Waals surface area (Å²) in [6, 6.07) is 4.89. The molecular formula is C13H8F3NO2S. The van der Waals surface area contributed by atoms with Crippen LogP contribution < -0.4 is 4.74 Å². The monoisotopic (exact) mass is 299 g/mol. The highest BCUT2D eigenvalue weighted by Gasteiger charge is 2.35. The van der Waals surface area contributed by atoms with E-state index in [1.54, 1.807) is 18.2 Å². The highest BCUT2D eigenvalue weighted by Crippen LogP contribution is 2.33. The van der Waals surface area contributed by atoms with Crippen LogP contribution in [0.15, 0.2) is 24.4 Å². The maximum absolute atomic E-state index is 12.5. The molecule has 20 heavy (non-hydrogen) atoms. The zero-order valence-corrected chi connectivity index (χ0v) is 10.8. The van der Waals surface area contributed by atoms with Gasteiger partial charge in [0.25, 0.3) is 0 Å². The van der Waals surface area contributed by atoms with Crippen molar-refractivity contribution in [2.24, 2.45) is 0 Å². The van der Waals surface area contributed by atoms with Crippen molar-refractivity contribution in [1.82, 2.24) is 4.98 Å². The lowest BCUT2D eigenvalue weighted by atomic mass is 10.1. The van der Waals surface area contributed by atoms with Gasteiger partial charge in [0.15, 0.2) is 5.01 Å². The third-order valence-electron chi connectivity index (χ3n) is 2.92. The Morgan fingerprint density at radius 2 is 2.15 bits per heavy atom. The van der Waals surface area contributed by atoms with Crippen molar-refractivity contribution in [3.05, 3.63) is 45.4 Å². The molecule has 1 aromatic carbocycles. The van der Waals surface area contributed by atoms with Crippen molar-refractivity contribution in [1.29, 1.82) is 0 Å². The molecule has 0 saturated heterocycles. The summed E-state index contributed by atoms with van der Waals surface area (Å²) >= 11 is 0.359. The van der Waals surface area contributed by atoms with Crippen LogP contribution in [0, 0.1) is 0 Å². The predicted molar refractivity (Wildman–Crippen MR) is 66.2 cm³/mol. The number of rotatable bonds is 2. The smallest absolute Gasteiger partial charge is 0.443 e. The molecule has 3 rings (SSSR count). The lowest BCUT2D eigenvalue weighted by molar-refractivity contribution is -0.137. The lowest BCUT2D eigenvalue weighted by Gasteiger charge is -2.02. The van der Waals surface area contributed by atoms with E-state index in [-0.39, 0.29) is 4.88 Å². The third kappa shape index (κ3) is 2.29. The van der Waals surface area contributed by atoms with E-state index in [0.29, 0.717) is 29.9 Å². The van der Waals surface area contributed by atoms with Crippen LogP contribution in [0.2, 0.25) is 0 Å². The topological polar surface area (TPSA) is 39.2 Å². The molecule has 0 saturated carbocycles. The molecule has 0 amide bonds. The summed E-state index contributed by atoms with van der Waals surface area (Å²) in [5.74, 6) is 0.273. The van der Waals surface area contributed by atoms with Gasteiger partial charge in [-0.2, -0.15) is 13.2 Å². The number of ether oxygens (including phenoxy) is 1. The van der Waals surface area contributed by atoms with E-state index in [1.165, 1.54) is 0 Å². The van der Waals surface area contributed by atoms with E-state index in [2.05, 4.69) is 4.98 Å². The normalized spacial score (nSPS) is 13.9. The maximum atomic E-state index is 12.5. The van der Waals surface area contributed by atoms with E-state index >= 15 is 0 Å². The third-order valence-corrected chi connectivity index (χ3v) is 3.96. The second-order valence-electron chi connectivity index (χ2n) is 4.28. The summed E-state index contributed by atoms with van der Waals surface area (Å²) in [7, 11) is 0. The van der Waals surface area contributed by atoms with Crippen LogP contribution in [0.25, 0.3) is 0 Å². The molecular weight excluding hydrogens is 291 g/mol. The molecule has 1 aromatic heterocycles. The fraction of sp³-hybridized carbons (Fsp3) is 0.231. The zero-order valence-electron chi connectivity index (χ0n) is 10.0. The Morgan fingerprint density at radius 3 is 2.85 bits per heavy atom. The van der Waals surface area contributed by atoms with Crippen molar-refractivity contribution in [2.75, 3.05) is 6.61 Å². The minimum absolute atomic E-state index is 0.0174. The van der Waals surface area contributed by atoms with Gasteiger partial charge in [-0.25, -0.2) is 4.98 Å². The first-order valence-electron chi connectivity index (χ1n) is 5.78. The van der Waals surface area contributed by atoms with Gasteiger partial charge in [0, 0.05) is 18.2 Å². The number of halogens is 3. The number of alkyl halides is 3. The van der Waals surface area contributed by atoms with Crippen LogP contribution >= 0.6 is 11.3 Å². The SMILES string of the molecule is O=C(c1ccc2c(c1)CCO2)c1cnc(C(F)(F)F)s1. The number of hydrogen-bond acceptors (Lipinski definition) is 4. The van der Waals surface area contributed by atoms with E-state index in [9.17, 15) is 18.0 Å². The summed E-state index contributed by atoms with van der Waals surface area (Å²) in [6.07, 6.45) is -2.85. The Balaban J connectivity index is 1.91. The second kappa shape index (κ2) is 4.59. The summed E-state index contributed by atoms with van der Waals surface area (Å²) in [5, 5.41) is -1.01. The highest BCUT2D eigenvalue weighted by molar-refractivity contribution is 7.13. The van der Waals surface area contributed by atoms with Gasteiger partial charge in [0.1, 0.15) is 5.75 Å². The average molecular weight is 299 g/mol. The second-order valence-corrected chi connectivity index (χ2v) is 5.31.